The number of aromatic nitrogens is 4. The second-order valence-corrected chi connectivity index (χ2v) is 3.24. The van der Waals surface area contributed by atoms with Gasteiger partial charge in [0.15, 0.2) is 5.82 Å². The quantitative estimate of drug-likeness (QED) is 0.783. The number of methoxy groups -OCH3 is 1. The summed E-state index contributed by atoms with van der Waals surface area (Å²) in [6.07, 6.45) is 0. The number of nitrogens with two attached hydrogens (primary N) is 1. The first-order valence-electron chi connectivity index (χ1n) is 4.89. The molecule has 0 atom stereocenters. The first-order chi connectivity index (χ1) is 8.17. The molecule has 0 fully saturated rings. The highest BCUT2D eigenvalue weighted by atomic mass is 16.5. The van der Waals surface area contributed by atoms with Gasteiger partial charge in [-0.2, -0.15) is 15.0 Å². The summed E-state index contributed by atoms with van der Waals surface area (Å²) in [4.78, 5) is 11.9. The lowest BCUT2D eigenvalue weighted by Gasteiger charge is -2.05. The molecule has 0 amide bonds. The van der Waals surface area contributed by atoms with E-state index < -0.39 is 0 Å². The van der Waals surface area contributed by atoms with Gasteiger partial charge >= 0.3 is 0 Å². The SMILES string of the molecule is COc1cc(NCc2nc(C)no2)nc(N)n1. The van der Waals surface area contributed by atoms with Gasteiger partial charge in [0.05, 0.1) is 13.7 Å². The van der Waals surface area contributed by atoms with Crippen molar-refractivity contribution in [3.63, 3.8) is 0 Å². The van der Waals surface area contributed by atoms with Crippen molar-refractivity contribution in [2.45, 2.75) is 13.5 Å². The van der Waals surface area contributed by atoms with Crippen LogP contribution in [-0.2, 0) is 6.54 Å². The van der Waals surface area contributed by atoms with Crippen LogP contribution in [-0.4, -0.2) is 27.2 Å². The van der Waals surface area contributed by atoms with Crippen molar-refractivity contribution in [2.75, 3.05) is 18.2 Å². The van der Waals surface area contributed by atoms with E-state index in [1.807, 2.05) is 0 Å². The molecule has 0 aliphatic carbocycles. The number of ether oxygens (including phenoxy) is 1. The molecule has 90 valence electrons. The van der Waals surface area contributed by atoms with Gasteiger partial charge in [0, 0.05) is 6.07 Å². The van der Waals surface area contributed by atoms with Gasteiger partial charge in [-0.3, -0.25) is 0 Å². The number of nitrogens with one attached hydrogen (secondary N) is 1. The molecule has 2 aromatic rings. The largest absolute Gasteiger partial charge is 0.481 e. The molecular weight excluding hydrogens is 224 g/mol. The van der Waals surface area contributed by atoms with Crippen LogP contribution in [0, 0.1) is 6.92 Å². The molecule has 0 saturated heterocycles. The molecule has 0 saturated carbocycles. The van der Waals surface area contributed by atoms with Crippen LogP contribution in [0.2, 0.25) is 0 Å². The summed E-state index contributed by atoms with van der Waals surface area (Å²) in [7, 11) is 1.51. The van der Waals surface area contributed by atoms with E-state index in [1.165, 1.54) is 7.11 Å². The van der Waals surface area contributed by atoms with Gasteiger partial charge in [-0.15, -0.1) is 0 Å². The van der Waals surface area contributed by atoms with E-state index in [-0.39, 0.29) is 5.95 Å². The summed E-state index contributed by atoms with van der Waals surface area (Å²) in [5.74, 6) is 2.11. The van der Waals surface area contributed by atoms with Crippen molar-refractivity contribution in [3.05, 3.63) is 17.8 Å². The number of nitrogens with zero attached hydrogens (tertiary/aromatic N) is 4. The fourth-order valence-electron chi connectivity index (χ4n) is 1.22. The molecule has 0 aromatic carbocycles. The molecule has 0 aliphatic heterocycles. The molecule has 0 spiro atoms. The smallest absolute Gasteiger partial charge is 0.245 e. The van der Waals surface area contributed by atoms with Crippen molar-refractivity contribution in [1.82, 2.24) is 20.1 Å². The molecule has 2 heterocycles. The topological polar surface area (TPSA) is 112 Å². The van der Waals surface area contributed by atoms with E-state index in [2.05, 4.69) is 25.4 Å². The first-order valence-corrected chi connectivity index (χ1v) is 4.89. The van der Waals surface area contributed by atoms with Crippen molar-refractivity contribution >= 4 is 11.8 Å². The van der Waals surface area contributed by atoms with Crippen LogP contribution < -0.4 is 15.8 Å². The summed E-state index contributed by atoms with van der Waals surface area (Å²) in [6, 6.07) is 1.62. The Balaban J connectivity index is 2.05. The summed E-state index contributed by atoms with van der Waals surface area (Å²) < 4.78 is 9.91. The van der Waals surface area contributed by atoms with Crippen LogP contribution in [0.1, 0.15) is 11.7 Å². The Labute approximate surface area is 97.2 Å². The highest BCUT2D eigenvalue weighted by molar-refractivity contribution is 5.42. The summed E-state index contributed by atoms with van der Waals surface area (Å²) in [6.45, 7) is 2.11. The average molecular weight is 236 g/mol. The highest BCUT2D eigenvalue weighted by Crippen LogP contribution is 2.14. The van der Waals surface area contributed by atoms with Gasteiger partial charge in [0.25, 0.3) is 0 Å². The number of rotatable bonds is 4. The van der Waals surface area contributed by atoms with Crippen molar-refractivity contribution in [1.29, 1.82) is 0 Å². The summed E-state index contributed by atoms with van der Waals surface area (Å²) in [5, 5.41) is 6.65. The molecule has 8 heteroatoms. The number of anilines is 2. The van der Waals surface area contributed by atoms with Crippen LogP contribution in [0.15, 0.2) is 10.6 Å². The molecule has 3 N–H and O–H groups in total. The Hall–Kier alpha value is -2.38. The molecule has 17 heavy (non-hydrogen) atoms. The zero-order chi connectivity index (χ0) is 12.3. The Bertz CT molecular complexity index is 512. The molecule has 2 rings (SSSR count). The van der Waals surface area contributed by atoms with E-state index >= 15 is 0 Å². The minimum Gasteiger partial charge on any atom is -0.481 e. The molecule has 0 radical (unpaired) electrons. The minimum atomic E-state index is 0.133. The van der Waals surface area contributed by atoms with Crippen molar-refractivity contribution in [2.24, 2.45) is 0 Å². The number of nitrogen functional groups attached to an aromatic ring is 1. The van der Waals surface area contributed by atoms with Crippen molar-refractivity contribution in [3.8, 4) is 5.88 Å². The fraction of sp³-hybridized carbons (Fsp3) is 0.333. The number of hydrogen-bond acceptors (Lipinski definition) is 8. The predicted molar refractivity (Wildman–Crippen MR) is 59.4 cm³/mol. The molecule has 0 bridgehead atoms. The lowest BCUT2D eigenvalue weighted by atomic mass is 10.5. The van der Waals surface area contributed by atoms with Crippen LogP contribution >= 0.6 is 0 Å². The zero-order valence-corrected chi connectivity index (χ0v) is 9.47. The maximum atomic E-state index is 5.51. The van der Waals surface area contributed by atoms with Crippen LogP contribution in [0.5, 0.6) is 5.88 Å². The van der Waals surface area contributed by atoms with Gasteiger partial charge in [0.2, 0.25) is 17.7 Å². The minimum absolute atomic E-state index is 0.133. The second-order valence-electron chi connectivity index (χ2n) is 3.24. The summed E-state index contributed by atoms with van der Waals surface area (Å²) in [5.41, 5.74) is 5.51. The number of aryl methyl sites for hydroxylation is 1. The molecule has 8 nitrogen and oxygen atoms in total. The Kier molecular flexibility index (Phi) is 3.03. The van der Waals surface area contributed by atoms with E-state index in [0.717, 1.165) is 0 Å². The highest BCUT2D eigenvalue weighted by Gasteiger charge is 2.05. The molecule has 2 aromatic heterocycles. The zero-order valence-electron chi connectivity index (χ0n) is 9.47. The van der Waals surface area contributed by atoms with E-state index in [0.29, 0.717) is 30.0 Å². The maximum absolute atomic E-state index is 5.51. The lowest BCUT2D eigenvalue weighted by molar-refractivity contribution is 0.379. The molecular formula is C9H12N6O2. The van der Waals surface area contributed by atoms with Gasteiger partial charge in [0.1, 0.15) is 5.82 Å². The standard InChI is InChI=1S/C9H12N6O2/c1-5-12-8(17-15-5)4-11-6-3-7(16-2)14-9(10)13-6/h3H,4H2,1-2H3,(H3,10,11,13,14). The maximum Gasteiger partial charge on any atom is 0.245 e. The molecule has 0 aliphatic rings. The Morgan fingerprint density at radius 3 is 2.88 bits per heavy atom. The van der Waals surface area contributed by atoms with Gasteiger partial charge in [-0.25, -0.2) is 0 Å². The average Bonchev–Trinajstić information content (AvgIpc) is 2.72. The van der Waals surface area contributed by atoms with E-state index in [1.54, 1.807) is 13.0 Å². The fourth-order valence-corrected chi connectivity index (χ4v) is 1.22. The monoisotopic (exact) mass is 236 g/mol. The van der Waals surface area contributed by atoms with Crippen LogP contribution in [0.4, 0.5) is 11.8 Å². The third-order valence-electron chi connectivity index (χ3n) is 1.92. The van der Waals surface area contributed by atoms with Crippen LogP contribution in [0.25, 0.3) is 0 Å². The first kappa shape index (κ1) is 11.1. The second kappa shape index (κ2) is 4.64. The van der Waals surface area contributed by atoms with Gasteiger partial charge < -0.3 is 20.3 Å². The predicted octanol–water partition coefficient (Wildman–Crippen LogP) is 0.371. The lowest BCUT2D eigenvalue weighted by Crippen LogP contribution is -2.05. The third-order valence-corrected chi connectivity index (χ3v) is 1.92. The van der Waals surface area contributed by atoms with Crippen molar-refractivity contribution < 1.29 is 9.26 Å². The van der Waals surface area contributed by atoms with Gasteiger partial charge in [-0.1, -0.05) is 5.16 Å². The van der Waals surface area contributed by atoms with Crippen LogP contribution in [0.3, 0.4) is 0 Å². The Morgan fingerprint density at radius 2 is 2.24 bits per heavy atom. The third kappa shape index (κ3) is 2.80. The molecule has 0 unspecified atom stereocenters. The van der Waals surface area contributed by atoms with E-state index in [4.69, 9.17) is 15.0 Å². The number of hydrogen-bond donors (Lipinski definition) is 2. The van der Waals surface area contributed by atoms with E-state index in [9.17, 15) is 0 Å². The normalized spacial score (nSPS) is 10.2. The summed E-state index contributed by atoms with van der Waals surface area (Å²) >= 11 is 0. The van der Waals surface area contributed by atoms with Gasteiger partial charge in [-0.05, 0) is 6.92 Å². The Morgan fingerprint density at radius 1 is 1.41 bits per heavy atom.